The Hall–Kier alpha value is -1.83. The van der Waals surface area contributed by atoms with Gasteiger partial charge in [0.25, 0.3) is 5.56 Å². The third kappa shape index (κ3) is 2.80. The number of aromatic nitrogens is 4. The van der Waals surface area contributed by atoms with Gasteiger partial charge >= 0.3 is 0 Å². The van der Waals surface area contributed by atoms with Crippen LogP contribution in [0.15, 0.2) is 17.3 Å². The number of hydrogen-bond acceptors (Lipinski definition) is 5. The lowest BCUT2D eigenvalue weighted by molar-refractivity contribution is -0.131. The molecule has 1 amide bonds. The molecular weight excluding hydrogens is 290 g/mol. The molecule has 21 heavy (non-hydrogen) atoms. The Morgan fingerprint density at radius 2 is 2.14 bits per heavy atom. The molecule has 0 bridgehead atoms. The monoisotopic (exact) mass is 307 g/mol. The summed E-state index contributed by atoms with van der Waals surface area (Å²) in [6, 6.07) is 0. The van der Waals surface area contributed by atoms with Crippen molar-refractivity contribution in [3.05, 3.63) is 22.9 Å². The van der Waals surface area contributed by atoms with E-state index in [0.29, 0.717) is 24.0 Å². The van der Waals surface area contributed by atoms with Crippen LogP contribution in [0.3, 0.4) is 0 Å². The number of fused-ring (bicyclic) bond motifs is 1. The Kier molecular flexibility index (Phi) is 3.96. The van der Waals surface area contributed by atoms with E-state index in [1.165, 1.54) is 17.1 Å². The maximum absolute atomic E-state index is 12.3. The molecule has 3 rings (SSSR count). The second kappa shape index (κ2) is 5.88. The molecule has 8 heteroatoms. The number of aryl methyl sites for hydroxylation is 2. The first-order valence-electron chi connectivity index (χ1n) is 6.89. The van der Waals surface area contributed by atoms with Crippen LogP contribution in [0.2, 0.25) is 0 Å². The second-order valence-corrected chi connectivity index (χ2v) is 6.22. The van der Waals surface area contributed by atoms with Crippen LogP contribution >= 0.6 is 11.8 Å². The summed E-state index contributed by atoms with van der Waals surface area (Å²) in [5, 5.41) is 4.52. The van der Waals surface area contributed by atoms with Gasteiger partial charge in [-0.25, -0.2) is 4.98 Å². The maximum Gasteiger partial charge on any atom is 0.264 e. The second-order valence-electron chi connectivity index (χ2n) is 4.99. The van der Waals surface area contributed by atoms with Crippen molar-refractivity contribution in [2.45, 2.75) is 13.0 Å². The van der Waals surface area contributed by atoms with Crippen LogP contribution in [0.5, 0.6) is 0 Å². The van der Waals surface area contributed by atoms with Gasteiger partial charge in [-0.3, -0.25) is 18.8 Å². The first-order chi connectivity index (χ1) is 10.2. The highest BCUT2D eigenvalue weighted by molar-refractivity contribution is 7.99. The highest BCUT2D eigenvalue weighted by Crippen LogP contribution is 2.10. The number of carbonyl (C=O) groups is 1. The van der Waals surface area contributed by atoms with E-state index in [-0.39, 0.29) is 11.5 Å². The van der Waals surface area contributed by atoms with Gasteiger partial charge in [-0.2, -0.15) is 16.9 Å². The minimum Gasteiger partial charge on any atom is -0.341 e. The molecule has 1 saturated heterocycles. The largest absolute Gasteiger partial charge is 0.341 e. The van der Waals surface area contributed by atoms with E-state index in [2.05, 4.69) is 10.1 Å². The van der Waals surface area contributed by atoms with E-state index < -0.39 is 0 Å². The summed E-state index contributed by atoms with van der Waals surface area (Å²) < 4.78 is 3.05. The van der Waals surface area contributed by atoms with E-state index in [0.717, 1.165) is 24.6 Å². The molecule has 0 saturated carbocycles. The smallest absolute Gasteiger partial charge is 0.264 e. The lowest BCUT2D eigenvalue weighted by atomic mass is 10.3. The molecule has 0 aliphatic carbocycles. The minimum absolute atomic E-state index is 0.105. The van der Waals surface area contributed by atoms with Crippen molar-refractivity contribution in [2.75, 3.05) is 24.6 Å². The molecule has 0 unspecified atom stereocenters. The highest BCUT2D eigenvalue weighted by atomic mass is 32.2. The van der Waals surface area contributed by atoms with Gasteiger partial charge in [0.2, 0.25) is 5.91 Å². The Morgan fingerprint density at radius 3 is 2.90 bits per heavy atom. The first kappa shape index (κ1) is 14.1. The van der Waals surface area contributed by atoms with Crippen molar-refractivity contribution in [3.63, 3.8) is 0 Å². The Bertz CT molecular complexity index is 717. The van der Waals surface area contributed by atoms with Gasteiger partial charge in [-0.1, -0.05) is 0 Å². The van der Waals surface area contributed by atoms with Crippen molar-refractivity contribution in [2.24, 2.45) is 7.05 Å². The van der Waals surface area contributed by atoms with E-state index >= 15 is 0 Å². The molecule has 1 aliphatic heterocycles. The van der Waals surface area contributed by atoms with Gasteiger partial charge in [-0.15, -0.1) is 0 Å². The molecule has 0 aromatic carbocycles. The number of carbonyl (C=O) groups excluding carboxylic acids is 1. The van der Waals surface area contributed by atoms with Gasteiger partial charge < -0.3 is 4.90 Å². The predicted molar refractivity (Wildman–Crippen MR) is 81.3 cm³/mol. The van der Waals surface area contributed by atoms with Gasteiger partial charge in [0.1, 0.15) is 5.39 Å². The normalized spacial score (nSPS) is 15.6. The third-order valence-corrected chi connectivity index (χ3v) is 4.59. The fourth-order valence-electron chi connectivity index (χ4n) is 2.41. The van der Waals surface area contributed by atoms with Crippen LogP contribution in [0.1, 0.15) is 6.42 Å². The van der Waals surface area contributed by atoms with Crippen molar-refractivity contribution in [1.82, 2.24) is 24.2 Å². The lowest BCUT2D eigenvalue weighted by Gasteiger charge is -2.26. The fraction of sp³-hybridized carbons (Fsp3) is 0.538. The number of amides is 1. The SMILES string of the molecule is Cn1ncc2c(=O)n(CCC(=O)N3CCSCC3)cnc21. The summed E-state index contributed by atoms with van der Waals surface area (Å²) in [6.45, 7) is 1.97. The Balaban J connectivity index is 1.71. The van der Waals surface area contributed by atoms with Crippen LogP contribution in [-0.2, 0) is 18.4 Å². The zero-order valence-electron chi connectivity index (χ0n) is 11.9. The van der Waals surface area contributed by atoms with E-state index in [1.54, 1.807) is 11.7 Å². The van der Waals surface area contributed by atoms with Gasteiger partial charge in [0.15, 0.2) is 5.65 Å². The maximum atomic E-state index is 12.3. The molecule has 1 aliphatic rings. The number of rotatable bonds is 3. The van der Waals surface area contributed by atoms with E-state index in [1.807, 2.05) is 16.7 Å². The lowest BCUT2D eigenvalue weighted by Crippen LogP contribution is -2.38. The van der Waals surface area contributed by atoms with Crippen LogP contribution in [0.4, 0.5) is 0 Å². The van der Waals surface area contributed by atoms with E-state index in [4.69, 9.17) is 0 Å². The third-order valence-electron chi connectivity index (χ3n) is 3.65. The standard InChI is InChI=1S/C13H17N5O2S/c1-16-12-10(8-15-16)13(20)18(9-14-12)3-2-11(19)17-4-6-21-7-5-17/h8-9H,2-7H2,1H3. The van der Waals surface area contributed by atoms with E-state index in [9.17, 15) is 9.59 Å². The molecule has 2 aromatic heterocycles. The summed E-state index contributed by atoms with van der Waals surface area (Å²) in [5.74, 6) is 2.09. The zero-order chi connectivity index (χ0) is 14.8. The molecule has 112 valence electrons. The van der Waals surface area contributed by atoms with Crippen LogP contribution in [0, 0.1) is 0 Å². The zero-order valence-corrected chi connectivity index (χ0v) is 12.7. The van der Waals surface area contributed by atoms with Crippen molar-refractivity contribution in [3.8, 4) is 0 Å². The molecule has 1 fully saturated rings. The van der Waals surface area contributed by atoms with Crippen molar-refractivity contribution >= 4 is 28.7 Å². The molecular formula is C13H17N5O2S. The summed E-state index contributed by atoms with van der Waals surface area (Å²) in [7, 11) is 1.75. The first-order valence-corrected chi connectivity index (χ1v) is 8.05. The van der Waals surface area contributed by atoms with Crippen LogP contribution in [-0.4, -0.2) is 54.7 Å². The molecule has 0 spiro atoms. The predicted octanol–water partition coefficient (Wildman–Crippen LogP) is 0.0955. The summed E-state index contributed by atoms with van der Waals surface area (Å²) >= 11 is 1.87. The average molecular weight is 307 g/mol. The molecule has 2 aromatic rings. The number of hydrogen-bond donors (Lipinski definition) is 0. The topological polar surface area (TPSA) is 73.0 Å². The molecule has 3 heterocycles. The molecule has 0 radical (unpaired) electrons. The summed E-state index contributed by atoms with van der Waals surface area (Å²) in [4.78, 5) is 30.5. The summed E-state index contributed by atoms with van der Waals surface area (Å²) in [5.41, 5.74) is 0.422. The number of nitrogens with zero attached hydrogens (tertiary/aromatic N) is 5. The van der Waals surface area contributed by atoms with Crippen molar-refractivity contribution in [1.29, 1.82) is 0 Å². The van der Waals surface area contributed by atoms with Crippen LogP contribution in [0.25, 0.3) is 11.0 Å². The Morgan fingerprint density at radius 1 is 1.38 bits per heavy atom. The minimum atomic E-state index is -0.143. The number of thioether (sulfide) groups is 1. The van der Waals surface area contributed by atoms with Gasteiger partial charge in [0, 0.05) is 44.6 Å². The Labute approximate surface area is 125 Å². The summed E-state index contributed by atoms with van der Waals surface area (Å²) in [6.07, 6.45) is 3.34. The fourth-order valence-corrected chi connectivity index (χ4v) is 3.32. The quantitative estimate of drug-likeness (QED) is 0.804. The molecule has 7 nitrogen and oxygen atoms in total. The van der Waals surface area contributed by atoms with Gasteiger partial charge in [-0.05, 0) is 0 Å². The molecule has 0 atom stereocenters. The van der Waals surface area contributed by atoms with Crippen molar-refractivity contribution < 1.29 is 4.79 Å². The molecule has 0 N–H and O–H groups in total. The van der Waals surface area contributed by atoms with Gasteiger partial charge in [0.05, 0.1) is 12.5 Å². The highest BCUT2D eigenvalue weighted by Gasteiger charge is 2.17. The average Bonchev–Trinajstić information content (AvgIpc) is 2.89. The van der Waals surface area contributed by atoms with Crippen LogP contribution < -0.4 is 5.56 Å².